The molecule has 3 aromatic rings. The quantitative estimate of drug-likeness (QED) is 0.567. The molecule has 1 aromatic carbocycles. The standard InChI is InChI=1S/C23H25N5O3/c1-12(2)26-23(30)17-10-24-21-20(17)28-19(11-25-21)31-15-7-5-13-6-8-18(16(13)9-15)27-22(29)14-3-4-14/h5,7,9-12,14,18H,3-4,6,8H2,1-2H3,(H,24,25)(H,26,30)(H,27,29). The highest BCUT2D eigenvalue weighted by Crippen LogP contribution is 2.37. The summed E-state index contributed by atoms with van der Waals surface area (Å²) >= 11 is 0. The number of nitrogens with zero attached hydrogens (tertiary/aromatic N) is 2. The molecule has 8 heteroatoms. The molecular weight excluding hydrogens is 394 g/mol. The van der Waals surface area contributed by atoms with E-state index in [-0.39, 0.29) is 29.8 Å². The van der Waals surface area contributed by atoms with Crippen LogP contribution in [-0.2, 0) is 11.2 Å². The number of amides is 2. The average Bonchev–Trinajstić information content (AvgIpc) is 3.40. The summed E-state index contributed by atoms with van der Waals surface area (Å²) in [5.41, 5.74) is 3.75. The number of rotatable bonds is 6. The minimum Gasteiger partial charge on any atom is -0.437 e. The first-order valence-electron chi connectivity index (χ1n) is 10.7. The van der Waals surface area contributed by atoms with Crippen molar-refractivity contribution in [3.05, 3.63) is 47.3 Å². The summed E-state index contributed by atoms with van der Waals surface area (Å²) in [6.07, 6.45) is 6.96. The second-order valence-corrected chi connectivity index (χ2v) is 8.57. The van der Waals surface area contributed by atoms with Gasteiger partial charge in [0.15, 0.2) is 5.65 Å². The van der Waals surface area contributed by atoms with Crippen LogP contribution in [-0.4, -0.2) is 32.8 Å². The molecule has 1 fully saturated rings. The van der Waals surface area contributed by atoms with Gasteiger partial charge in [-0.05, 0) is 62.8 Å². The highest BCUT2D eigenvalue weighted by atomic mass is 16.5. The van der Waals surface area contributed by atoms with Crippen molar-refractivity contribution >= 4 is 23.0 Å². The van der Waals surface area contributed by atoms with Gasteiger partial charge in [0, 0.05) is 18.2 Å². The van der Waals surface area contributed by atoms with E-state index >= 15 is 0 Å². The highest BCUT2D eigenvalue weighted by molar-refractivity contribution is 6.04. The summed E-state index contributed by atoms with van der Waals surface area (Å²) in [4.78, 5) is 36.4. The Hall–Kier alpha value is -3.42. The lowest BCUT2D eigenvalue weighted by molar-refractivity contribution is -0.123. The molecule has 31 heavy (non-hydrogen) atoms. The van der Waals surface area contributed by atoms with E-state index in [0.29, 0.717) is 28.4 Å². The third-order valence-corrected chi connectivity index (χ3v) is 5.71. The molecule has 5 rings (SSSR count). The van der Waals surface area contributed by atoms with Crippen LogP contribution in [0.1, 0.15) is 60.6 Å². The predicted molar refractivity (Wildman–Crippen MR) is 115 cm³/mol. The van der Waals surface area contributed by atoms with E-state index in [2.05, 4.69) is 25.6 Å². The average molecular weight is 419 g/mol. The number of benzene rings is 1. The molecule has 1 unspecified atom stereocenters. The monoisotopic (exact) mass is 419 g/mol. The van der Waals surface area contributed by atoms with E-state index in [1.54, 1.807) is 6.20 Å². The molecule has 8 nitrogen and oxygen atoms in total. The maximum atomic E-state index is 12.4. The van der Waals surface area contributed by atoms with Gasteiger partial charge in [0.2, 0.25) is 11.8 Å². The molecule has 0 aliphatic heterocycles. The number of fused-ring (bicyclic) bond motifs is 2. The summed E-state index contributed by atoms with van der Waals surface area (Å²) in [6, 6.07) is 5.95. The summed E-state index contributed by atoms with van der Waals surface area (Å²) in [5, 5.41) is 6.04. The number of hydrogen-bond acceptors (Lipinski definition) is 5. The third kappa shape index (κ3) is 3.97. The zero-order chi connectivity index (χ0) is 21.5. The first-order chi connectivity index (χ1) is 15.0. The SMILES string of the molecule is CC(C)NC(=O)c1c[nH]c2ncc(Oc3ccc4c(c3)C(NC(=O)C3CC3)CC4)nc12. The van der Waals surface area contributed by atoms with Crippen molar-refractivity contribution in [2.45, 2.75) is 51.6 Å². The van der Waals surface area contributed by atoms with E-state index < -0.39 is 0 Å². The minimum atomic E-state index is -0.209. The van der Waals surface area contributed by atoms with Crippen LogP contribution in [0.2, 0.25) is 0 Å². The summed E-state index contributed by atoms with van der Waals surface area (Å²) < 4.78 is 5.98. The lowest BCUT2D eigenvalue weighted by atomic mass is 10.1. The van der Waals surface area contributed by atoms with Crippen molar-refractivity contribution < 1.29 is 14.3 Å². The van der Waals surface area contributed by atoms with Gasteiger partial charge in [0.1, 0.15) is 11.3 Å². The van der Waals surface area contributed by atoms with E-state index in [0.717, 1.165) is 31.2 Å². The first-order valence-corrected chi connectivity index (χ1v) is 10.7. The fourth-order valence-corrected chi connectivity index (χ4v) is 3.99. The van der Waals surface area contributed by atoms with Crippen molar-refractivity contribution in [3.8, 4) is 11.6 Å². The van der Waals surface area contributed by atoms with Crippen molar-refractivity contribution in [2.75, 3.05) is 0 Å². The molecule has 2 heterocycles. The summed E-state index contributed by atoms with van der Waals surface area (Å²) in [5.74, 6) is 1.07. The van der Waals surface area contributed by atoms with Crippen molar-refractivity contribution in [2.24, 2.45) is 5.92 Å². The van der Waals surface area contributed by atoms with Crippen LogP contribution in [0.5, 0.6) is 11.6 Å². The third-order valence-electron chi connectivity index (χ3n) is 5.71. The van der Waals surface area contributed by atoms with Gasteiger partial charge in [-0.1, -0.05) is 6.07 Å². The number of ether oxygens (including phenoxy) is 1. The molecule has 0 radical (unpaired) electrons. The van der Waals surface area contributed by atoms with Gasteiger partial charge >= 0.3 is 0 Å². The van der Waals surface area contributed by atoms with Gasteiger partial charge < -0.3 is 20.4 Å². The first kappa shape index (κ1) is 19.5. The fraction of sp³-hybridized carbons (Fsp3) is 0.391. The fourth-order valence-electron chi connectivity index (χ4n) is 3.99. The zero-order valence-corrected chi connectivity index (χ0v) is 17.6. The Balaban J connectivity index is 1.37. The molecule has 2 aliphatic carbocycles. The predicted octanol–water partition coefficient (Wildman–Crippen LogP) is 3.40. The number of hydrogen-bond donors (Lipinski definition) is 3. The van der Waals surface area contributed by atoms with Gasteiger partial charge in [-0.25, -0.2) is 9.97 Å². The maximum Gasteiger partial charge on any atom is 0.255 e. The van der Waals surface area contributed by atoms with Gasteiger partial charge in [-0.3, -0.25) is 9.59 Å². The Morgan fingerprint density at radius 2 is 2.06 bits per heavy atom. The van der Waals surface area contributed by atoms with Gasteiger partial charge in [0.05, 0.1) is 17.8 Å². The van der Waals surface area contributed by atoms with E-state index in [1.807, 2.05) is 32.0 Å². The van der Waals surface area contributed by atoms with E-state index in [9.17, 15) is 9.59 Å². The molecule has 2 amide bonds. The number of carbonyl (C=O) groups is 2. The van der Waals surface area contributed by atoms with Crippen LogP contribution < -0.4 is 15.4 Å². The van der Waals surface area contributed by atoms with Crippen molar-refractivity contribution in [3.63, 3.8) is 0 Å². The lowest BCUT2D eigenvalue weighted by Crippen LogP contribution is -2.29. The Morgan fingerprint density at radius 1 is 1.23 bits per heavy atom. The molecule has 2 aliphatic rings. The van der Waals surface area contributed by atoms with Crippen molar-refractivity contribution in [1.29, 1.82) is 0 Å². The Bertz CT molecular complexity index is 1170. The Labute approximate surface area is 179 Å². The Kier molecular flexibility index (Phi) is 4.84. The van der Waals surface area contributed by atoms with E-state index in [4.69, 9.17) is 4.74 Å². The zero-order valence-electron chi connectivity index (χ0n) is 17.6. The molecule has 0 saturated heterocycles. The van der Waals surface area contributed by atoms with Crippen LogP contribution in [0.15, 0.2) is 30.6 Å². The van der Waals surface area contributed by atoms with Gasteiger partial charge in [-0.15, -0.1) is 0 Å². The maximum absolute atomic E-state index is 12.4. The molecule has 1 atom stereocenters. The second-order valence-electron chi connectivity index (χ2n) is 8.57. The summed E-state index contributed by atoms with van der Waals surface area (Å²) in [6.45, 7) is 3.81. The normalized spacial score (nSPS) is 17.6. The van der Waals surface area contributed by atoms with Gasteiger partial charge in [-0.2, -0.15) is 0 Å². The molecule has 160 valence electrons. The highest BCUT2D eigenvalue weighted by Gasteiger charge is 2.33. The van der Waals surface area contributed by atoms with Crippen LogP contribution >= 0.6 is 0 Å². The lowest BCUT2D eigenvalue weighted by Gasteiger charge is -2.15. The summed E-state index contributed by atoms with van der Waals surface area (Å²) in [7, 11) is 0. The van der Waals surface area contributed by atoms with Crippen LogP contribution in [0, 0.1) is 5.92 Å². The molecule has 2 aromatic heterocycles. The number of nitrogens with one attached hydrogen (secondary N) is 3. The number of aromatic nitrogens is 3. The second kappa shape index (κ2) is 7.68. The number of carbonyl (C=O) groups excluding carboxylic acids is 2. The molecule has 1 saturated carbocycles. The Morgan fingerprint density at radius 3 is 2.84 bits per heavy atom. The van der Waals surface area contributed by atoms with Crippen molar-refractivity contribution in [1.82, 2.24) is 25.6 Å². The topological polar surface area (TPSA) is 109 Å². The van der Waals surface area contributed by atoms with Crippen LogP contribution in [0.3, 0.4) is 0 Å². The van der Waals surface area contributed by atoms with E-state index in [1.165, 1.54) is 11.8 Å². The number of aromatic amines is 1. The minimum absolute atomic E-state index is 0.0182. The molecule has 0 spiro atoms. The smallest absolute Gasteiger partial charge is 0.255 e. The van der Waals surface area contributed by atoms with Crippen LogP contribution in [0.25, 0.3) is 11.2 Å². The molecule has 0 bridgehead atoms. The number of aryl methyl sites for hydroxylation is 1. The largest absolute Gasteiger partial charge is 0.437 e. The van der Waals surface area contributed by atoms with Crippen LogP contribution in [0.4, 0.5) is 0 Å². The molecule has 3 N–H and O–H groups in total. The number of H-pyrrole nitrogens is 1. The molecular formula is C23H25N5O3. The van der Waals surface area contributed by atoms with Gasteiger partial charge in [0.25, 0.3) is 5.91 Å².